The van der Waals surface area contributed by atoms with E-state index in [1.165, 1.54) is 25.3 Å². The van der Waals surface area contributed by atoms with Crippen LogP contribution in [0.2, 0.25) is 0 Å². The molecule has 2 N–H and O–H groups in total. The normalized spacial score (nSPS) is 10.4. The summed E-state index contributed by atoms with van der Waals surface area (Å²) in [6, 6.07) is 5.18. The van der Waals surface area contributed by atoms with Crippen LogP contribution in [-0.4, -0.2) is 31.4 Å². The van der Waals surface area contributed by atoms with Crippen LogP contribution in [-0.2, 0) is 4.74 Å². The molecule has 0 aliphatic rings. The van der Waals surface area contributed by atoms with Gasteiger partial charge in [-0.15, -0.1) is 11.3 Å². The van der Waals surface area contributed by atoms with Crippen LogP contribution in [0.3, 0.4) is 0 Å². The van der Waals surface area contributed by atoms with E-state index in [2.05, 4.69) is 10.6 Å². The Kier molecular flexibility index (Phi) is 7.06. The van der Waals surface area contributed by atoms with Gasteiger partial charge < -0.3 is 15.4 Å². The SMILES string of the molecule is CCCCNC(=O)c1sc(NC(=O)c2cccc(F)c2)c(C(=O)OC)c1C. The number of thiophene rings is 1. The van der Waals surface area contributed by atoms with Crippen LogP contribution in [0.1, 0.15) is 55.7 Å². The minimum Gasteiger partial charge on any atom is -0.465 e. The summed E-state index contributed by atoms with van der Waals surface area (Å²) in [6.07, 6.45) is 1.77. The van der Waals surface area contributed by atoms with Gasteiger partial charge in [-0.25, -0.2) is 9.18 Å². The highest BCUT2D eigenvalue weighted by atomic mass is 32.1. The van der Waals surface area contributed by atoms with Crippen molar-refractivity contribution in [1.29, 1.82) is 0 Å². The quantitative estimate of drug-likeness (QED) is 0.555. The van der Waals surface area contributed by atoms with Crippen molar-refractivity contribution in [2.75, 3.05) is 19.0 Å². The minimum atomic E-state index is -0.661. The van der Waals surface area contributed by atoms with Gasteiger partial charge in [0.05, 0.1) is 17.6 Å². The summed E-state index contributed by atoms with van der Waals surface area (Å²) in [5, 5.41) is 5.56. The van der Waals surface area contributed by atoms with Gasteiger partial charge in [-0.05, 0) is 37.1 Å². The maximum absolute atomic E-state index is 13.3. The molecule has 2 aromatic rings. The average molecular weight is 392 g/mol. The van der Waals surface area contributed by atoms with E-state index >= 15 is 0 Å². The number of ether oxygens (including phenoxy) is 1. The molecule has 0 unspecified atom stereocenters. The molecule has 0 fully saturated rings. The third-order valence-electron chi connectivity index (χ3n) is 3.87. The maximum Gasteiger partial charge on any atom is 0.341 e. The first-order valence-corrected chi connectivity index (χ1v) is 9.27. The Labute approximate surface area is 160 Å². The van der Waals surface area contributed by atoms with Gasteiger partial charge in [-0.1, -0.05) is 19.4 Å². The summed E-state index contributed by atoms with van der Waals surface area (Å²) in [4.78, 5) is 37.3. The third kappa shape index (κ3) is 4.91. The van der Waals surface area contributed by atoms with E-state index in [0.29, 0.717) is 17.0 Å². The molecule has 0 saturated carbocycles. The second-order valence-corrected chi connectivity index (χ2v) is 6.85. The molecule has 0 aliphatic carbocycles. The van der Waals surface area contributed by atoms with E-state index in [1.54, 1.807) is 6.92 Å². The molecule has 0 spiro atoms. The smallest absolute Gasteiger partial charge is 0.341 e. The number of esters is 1. The molecule has 0 aliphatic heterocycles. The van der Waals surface area contributed by atoms with Crippen molar-refractivity contribution < 1.29 is 23.5 Å². The lowest BCUT2D eigenvalue weighted by atomic mass is 10.1. The third-order valence-corrected chi connectivity index (χ3v) is 5.08. The van der Waals surface area contributed by atoms with Crippen LogP contribution >= 0.6 is 11.3 Å². The molecule has 0 atom stereocenters. The van der Waals surface area contributed by atoms with Gasteiger partial charge in [0.15, 0.2) is 0 Å². The molecule has 144 valence electrons. The highest BCUT2D eigenvalue weighted by molar-refractivity contribution is 7.18. The summed E-state index contributed by atoms with van der Waals surface area (Å²) in [7, 11) is 1.22. The fourth-order valence-corrected chi connectivity index (χ4v) is 3.54. The second-order valence-electron chi connectivity index (χ2n) is 5.83. The number of amides is 2. The fourth-order valence-electron chi connectivity index (χ4n) is 2.43. The van der Waals surface area contributed by atoms with Crippen molar-refractivity contribution in [3.63, 3.8) is 0 Å². The van der Waals surface area contributed by atoms with Crippen molar-refractivity contribution in [1.82, 2.24) is 5.32 Å². The van der Waals surface area contributed by atoms with E-state index in [4.69, 9.17) is 4.74 Å². The Morgan fingerprint density at radius 1 is 1.22 bits per heavy atom. The standard InChI is InChI=1S/C19H21FN2O4S/c1-4-5-9-21-17(24)15-11(2)14(19(25)26-3)18(27-15)22-16(23)12-7-6-8-13(20)10-12/h6-8,10H,4-5,9H2,1-3H3,(H,21,24)(H,22,23). The second kappa shape index (κ2) is 9.27. The largest absolute Gasteiger partial charge is 0.465 e. The first-order chi connectivity index (χ1) is 12.9. The summed E-state index contributed by atoms with van der Waals surface area (Å²) >= 11 is 0.985. The van der Waals surface area contributed by atoms with E-state index < -0.39 is 17.7 Å². The zero-order valence-corrected chi connectivity index (χ0v) is 16.2. The first kappa shape index (κ1) is 20.6. The van der Waals surface area contributed by atoms with Gasteiger partial charge in [0.1, 0.15) is 10.8 Å². The summed E-state index contributed by atoms with van der Waals surface area (Å²) in [5.41, 5.74) is 0.647. The lowest BCUT2D eigenvalue weighted by Crippen LogP contribution is -2.24. The number of hydrogen-bond donors (Lipinski definition) is 2. The molecular weight excluding hydrogens is 371 g/mol. The molecule has 1 aromatic heterocycles. The Hall–Kier alpha value is -2.74. The van der Waals surface area contributed by atoms with E-state index in [9.17, 15) is 18.8 Å². The molecule has 1 heterocycles. The lowest BCUT2D eigenvalue weighted by molar-refractivity contribution is 0.0601. The van der Waals surface area contributed by atoms with Crippen LogP contribution in [0.4, 0.5) is 9.39 Å². The van der Waals surface area contributed by atoms with Gasteiger partial charge in [0, 0.05) is 12.1 Å². The van der Waals surface area contributed by atoms with Crippen molar-refractivity contribution in [3.8, 4) is 0 Å². The van der Waals surface area contributed by atoms with E-state index in [0.717, 1.165) is 30.2 Å². The number of carbonyl (C=O) groups is 3. The van der Waals surface area contributed by atoms with Crippen LogP contribution in [0.5, 0.6) is 0 Å². The predicted octanol–water partition coefficient (Wildman–Crippen LogP) is 3.76. The van der Waals surface area contributed by atoms with Crippen molar-refractivity contribution in [2.24, 2.45) is 0 Å². The van der Waals surface area contributed by atoms with Crippen LogP contribution in [0.25, 0.3) is 0 Å². The topological polar surface area (TPSA) is 84.5 Å². The Morgan fingerprint density at radius 2 is 1.96 bits per heavy atom. The van der Waals surface area contributed by atoms with Crippen molar-refractivity contribution in [2.45, 2.75) is 26.7 Å². The average Bonchev–Trinajstić information content (AvgIpc) is 2.97. The minimum absolute atomic E-state index is 0.103. The molecule has 0 bridgehead atoms. The summed E-state index contributed by atoms with van der Waals surface area (Å²) < 4.78 is 18.1. The van der Waals surface area contributed by atoms with E-state index in [1.807, 2.05) is 6.92 Å². The van der Waals surface area contributed by atoms with E-state index in [-0.39, 0.29) is 22.0 Å². The summed E-state index contributed by atoms with van der Waals surface area (Å²) in [5.74, 6) is -2.11. The number of rotatable bonds is 7. The molecular formula is C19H21FN2O4S. The van der Waals surface area contributed by atoms with Crippen LogP contribution in [0, 0.1) is 12.7 Å². The Balaban J connectivity index is 2.33. The molecule has 2 amide bonds. The number of hydrogen-bond acceptors (Lipinski definition) is 5. The maximum atomic E-state index is 13.3. The number of benzene rings is 1. The van der Waals surface area contributed by atoms with Crippen molar-refractivity contribution >= 4 is 34.1 Å². The van der Waals surface area contributed by atoms with Crippen molar-refractivity contribution in [3.05, 3.63) is 51.7 Å². The Bertz CT molecular complexity index is 863. The number of anilines is 1. The predicted molar refractivity (Wildman–Crippen MR) is 102 cm³/mol. The lowest BCUT2D eigenvalue weighted by Gasteiger charge is -2.06. The number of unbranched alkanes of at least 4 members (excludes halogenated alkanes) is 1. The number of methoxy groups -OCH3 is 1. The number of halogens is 1. The molecule has 1 aromatic carbocycles. The van der Waals surface area contributed by atoms with Crippen LogP contribution in [0.15, 0.2) is 24.3 Å². The molecule has 8 heteroatoms. The molecule has 2 rings (SSSR count). The molecule has 0 radical (unpaired) electrons. The molecule has 6 nitrogen and oxygen atoms in total. The van der Waals surface area contributed by atoms with Crippen LogP contribution < -0.4 is 10.6 Å². The first-order valence-electron chi connectivity index (χ1n) is 8.45. The Morgan fingerprint density at radius 3 is 2.59 bits per heavy atom. The highest BCUT2D eigenvalue weighted by Crippen LogP contribution is 2.34. The van der Waals surface area contributed by atoms with Gasteiger partial charge in [-0.2, -0.15) is 0 Å². The van der Waals surface area contributed by atoms with Gasteiger partial charge >= 0.3 is 5.97 Å². The monoisotopic (exact) mass is 392 g/mol. The number of carbonyl (C=O) groups excluding carboxylic acids is 3. The van der Waals surface area contributed by atoms with Gasteiger partial charge in [0.25, 0.3) is 11.8 Å². The number of nitrogens with one attached hydrogen (secondary N) is 2. The highest BCUT2D eigenvalue weighted by Gasteiger charge is 2.26. The fraction of sp³-hybridized carbons (Fsp3) is 0.316. The zero-order valence-electron chi connectivity index (χ0n) is 15.3. The zero-order chi connectivity index (χ0) is 20.0. The van der Waals surface area contributed by atoms with Gasteiger partial charge in [0.2, 0.25) is 0 Å². The van der Waals surface area contributed by atoms with Gasteiger partial charge in [-0.3, -0.25) is 9.59 Å². The summed E-state index contributed by atoms with van der Waals surface area (Å²) in [6.45, 7) is 4.15. The molecule has 0 saturated heterocycles. The molecule has 27 heavy (non-hydrogen) atoms.